The summed E-state index contributed by atoms with van der Waals surface area (Å²) in [7, 11) is 2.17. The molecule has 0 spiro atoms. The SMILES string of the molecule is Cc1cncn1CCCN(C)C(C)C. The van der Waals surface area contributed by atoms with Crippen molar-refractivity contribution in [2.45, 2.75) is 39.8 Å². The average Bonchev–Trinajstić information content (AvgIpc) is 2.51. The molecule has 0 bridgehead atoms. The van der Waals surface area contributed by atoms with Crippen LogP contribution < -0.4 is 0 Å². The van der Waals surface area contributed by atoms with Crippen LogP contribution in [0.5, 0.6) is 0 Å². The zero-order valence-corrected chi connectivity index (χ0v) is 9.70. The topological polar surface area (TPSA) is 21.1 Å². The van der Waals surface area contributed by atoms with Crippen LogP contribution in [0.1, 0.15) is 26.0 Å². The minimum absolute atomic E-state index is 0.638. The Hall–Kier alpha value is -0.830. The molecule has 0 atom stereocenters. The third-order valence-electron chi connectivity index (χ3n) is 2.71. The van der Waals surface area contributed by atoms with Crippen molar-refractivity contribution in [3.63, 3.8) is 0 Å². The number of hydrogen-bond acceptors (Lipinski definition) is 2. The Kier molecular flexibility index (Phi) is 4.14. The number of rotatable bonds is 5. The molecule has 3 nitrogen and oxygen atoms in total. The fourth-order valence-corrected chi connectivity index (χ4v) is 1.37. The van der Waals surface area contributed by atoms with E-state index in [2.05, 4.69) is 42.3 Å². The summed E-state index contributed by atoms with van der Waals surface area (Å²) in [4.78, 5) is 6.47. The van der Waals surface area contributed by atoms with Gasteiger partial charge in [-0.1, -0.05) is 0 Å². The zero-order valence-electron chi connectivity index (χ0n) is 9.70. The second-order valence-corrected chi connectivity index (χ2v) is 4.16. The Morgan fingerprint density at radius 3 is 2.71 bits per heavy atom. The average molecular weight is 195 g/mol. The van der Waals surface area contributed by atoms with Crippen LogP contribution in [-0.4, -0.2) is 34.1 Å². The highest BCUT2D eigenvalue weighted by molar-refractivity contribution is 4.93. The van der Waals surface area contributed by atoms with Crippen molar-refractivity contribution in [2.24, 2.45) is 0 Å². The minimum Gasteiger partial charge on any atom is -0.335 e. The van der Waals surface area contributed by atoms with Gasteiger partial charge in [0.15, 0.2) is 0 Å². The molecule has 0 unspecified atom stereocenters. The lowest BCUT2D eigenvalue weighted by molar-refractivity contribution is 0.265. The van der Waals surface area contributed by atoms with Gasteiger partial charge in [0.1, 0.15) is 0 Å². The molecule has 0 radical (unpaired) electrons. The van der Waals surface area contributed by atoms with E-state index in [1.54, 1.807) is 0 Å². The van der Waals surface area contributed by atoms with E-state index in [0.717, 1.165) is 13.1 Å². The first-order valence-corrected chi connectivity index (χ1v) is 5.28. The Morgan fingerprint density at radius 1 is 1.50 bits per heavy atom. The maximum Gasteiger partial charge on any atom is 0.0948 e. The van der Waals surface area contributed by atoms with Crippen LogP contribution in [0.15, 0.2) is 12.5 Å². The fraction of sp³-hybridized carbons (Fsp3) is 0.727. The van der Waals surface area contributed by atoms with Crippen LogP contribution >= 0.6 is 0 Å². The monoisotopic (exact) mass is 195 g/mol. The number of hydrogen-bond donors (Lipinski definition) is 0. The van der Waals surface area contributed by atoms with E-state index in [-0.39, 0.29) is 0 Å². The lowest BCUT2D eigenvalue weighted by Gasteiger charge is -2.20. The molecule has 80 valence electrons. The van der Waals surface area contributed by atoms with Crippen molar-refractivity contribution in [1.29, 1.82) is 0 Å². The summed E-state index contributed by atoms with van der Waals surface area (Å²) in [5.74, 6) is 0. The van der Waals surface area contributed by atoms with Crippen molar-refractivity contribution in [3.05, 3.63) is 18.2 Å². The van der Waals surface area contributed by atoms with Crippen molar-refractivity contribution < 1.29 is 0 Å². The molecule has 0 aliphatic carbocycles. The van der Waals surface area contributed by atoms with Crippen molar-refractivity contribution >= 4 is 0 Å². The Labute approximate surface area is 86.7 Å². The first-order chi connectivity index (χ1) is 6.61. The summed E-state index contributed by atoms with van der Waals surface area (Å²) in [6.45, 7) is 8.77. The van der Waals surface area contributed by atoms with Gasteiger partial charge in [-0.15, -0.1) is 0 Å². The van der Waals surface area contributed by atoms with Gasteiger partial charge in [0, 0.05) is 24.5 Å². The number of aromatic nitrogens is 2. The van der Waals surface area contributed by atoms with Crippen molar-refractivity contribution in [1.82, 2.24) is 14.5 Å². The summed E-state index contributed by atoms with van der Waals surface area (Å²) in [5, 5.41) is 0. The van der Waals surface area contributed by atoms with Gasteiger partial charge < -0.3 is 9.47 Å². The van der Waals surface area contributed by atoms with E-state index in [1.165, 1.54) is 12.1 Å². The largest absolute Gasteiger partial charge is 0.335 e. The van der Waals surface area contributed by atoms with Gasteiger partial charge in [-0.2, -0.15) is 0 Å². The molecule has 0 aliphatic heterocycles. The lowest BCUT2D eigenvalue weighted by atomic mass is 10.3. The smallest absolute Gasteiger partial charge is 0.0948 e. The Balaban J connectivity index is 2.25. The van der Waals surface area contributed by atoms with E-state index < -0.39 is 0 Å². The molecule has 0 N–H and O–H groups in total. The molecule has 0 aliphatic rings. The van der Waals surface area contributed by atoms with Crippen molar-refractivity contribution in [3.8, 4) is 0 Å². The Morgan fingerprint density at radius 2 is 2.21 bits per heavy atom. The molecule has 3 heteroatoms. The normalized spacial score (nSPS) is 11.6. The highest BCUT2D eigenvalue weighted by Crippen LogP contribution is 2.00. The quantitative estimate of drug-likeness (QED) is 0.715. The van der Waals surface area contributed by atoms with E-state index >= 15 is 0 Å². The summed E-state index contributed by atoms with van der Waals surface area (Å²) in [6, 6.07) is 0.638. The maximum absolute atomic E-state index is 4.10. The molecule has 1 heterocycles. The standard InChI is InChI=1S/C11H21N3/c1-10(2)13(4)6-5-7-14-9-12-8-11(14)3/h8-10H,5-7H2,1-4H3. The van der Waals surface area contributed by atoms with E-state index in [4.69, 9.17) is 0 Å². The summed E-state index contributed by atoms with van der Waals surface area (Å²) in [5.41, 5.74) is 1.25. The van der Waals surface area contributed by atoms with Crippen LogP contribution in [0.2, 0.25) is 0 Å². The predicted octanol–water partition coefficient (Wildman–Crippen LogP) is 1.92. The second-order valence-electron chi connectivity index (χ2n) is 4.16. The van der Waals surface area contributed by atoms with Gasteiger partial charge in [0.25, 0.3) is 0 Å². The highest BCUT2D eigenvalue weighted by atomic mass is 15.1. The summed E-state index contributed by atoms with van der Waals surface area (Å²) in [6.07, 6.45) is 5.00. The molecule has 0 amide bonds. The molecule has 0 saturated heterocycles. The second kappa shape index (κ2) is 5.15. The molecule has 1 rings (SSSR count). The summed E-state index contributed by atoms with van der Waals surface area (Å²) >= 11 is 0. The van der Waals surface area contributed by atoms with Gasteiger partial charge in [-0.25, -0.2) is 4.98 Å². The molecule has 14 heavy (non-hydrogen) atoms. The third-order valence-corrected chi connectivity index (χ3v) is 2.71. The van der Waals surface area contributed by atoms with Gasteiger partial charge >= 0.3 is 0 Å². The van der Waals surface area contributed by atoms with E-state index in [0.29, 0.717) is 6.04 Å². The number of imidazole rings is 1. The summed E-state index contributed by atoms with van der Waals surface area (Å²) < 4.78 is 2.20. The van der Waals surface area contributed by atoms with Gasteiger partial charge in [0.05, 0.1) is 6.33 Å². The number of nitrogens with zero attached hydrogens (tertiary/aromatic N) is 3. The molecule has 1 aromatic rings. The first-order valence-electron chi connectivity index (χ1n) is 5.28. The minimum atomic E-state index is 0.638. The fourth-order valence-electron chi connectivity index (χ4n) is 1.37. The third kappa shape index (κ3) is 3.14. The van der Waals surface area contributed by atoms with Crippen LogP contribution in [0.4, 0.5) is 0 Å². The lowest BCUT2D eigenvalue weighted by Crippen LogP contribution is -2.27. The first kappa shape index (κ1) is 11.2. The molecule has 0 saturated carbocycles. The van der Waals surface area contributed by atoms with Crippen LogP contribution in [-0.2, 0) is 6.54 Å². The zero-order chi connectivity index (χ0) is 10.6. The van der Waals surface area contributed by atoms with Gasteiger partial charge in [-0.3, -0.25) is 0 Å². The van der Waals surface area contributed by atoms with Crippen LogP contribution in [0, 0.1) is 6.92 Å². The van der Waals surface area contributed by atoms with Crippen LogP contribution in [0.25, 0.3) is 0 Å². The molecule has 1 aromatic heterocycles. The van der Waals surface area contributed by atoms with Crippen molar-refractivity contribution in [2.75, 3.05) is 13.6 Å². The molecular formula is C11H21N3. The van der Waals surface area contributed by atoms with Gasteiger partial charge in [-0.05, 0) is 40.8 Å². The van der Waals surface area contributed by atoms with E-state index in [1.807, 2.05) is 12.5 Å². The van der Waals surface area contributed by atoms with Crippen LogP contribution in [0.3, 0.4) is 0 Å². The van der Waals surface area contributed by atoms with E-state index in [9.17, 15) is 0 Å². The predicted molar refractivity (Wildman–Crippen MR) is 59.3 cm³/mol. The Bertz CT molecular complexity index is 265. The number of aryl methyl sites for hydroxylation is 2. The maximum atomic E-state index is 4.10. The molecule has 0 aromatic carbocycles. The highest BCUT2D eigenvalue weighted by Gasteiger charge is 2.02. The molecule has 0 fully saturated rings. The molecular weight excluding hydrogens is 174 g/mol. The van der Waals surface area contributed by atoms with Gasteiger partial charge in [0.2, 0.25) is 0 Å².